The van der Waals surface area contributed by atoms with Crippen LogP contribution in [0.15, 0.2) is 46.1 Å². The van der Waals surface area contributed by atoms with E-state index in [0.29, 0.717) is 11.9 Å². The lowest BCUT2D eigenvalue weighted by atomic mass is 10.3. The molecule has 0 aliphatic carbocycles. The fourth-order valence-corrected chi connectivity index (χ4v) is 1.45. The number of halogens is 1. The lowest BCUT2D eigenvalue weighted by molar-refractivity contribution is 0.229. The minimum Gasteiger partial charge on any atom is -0.307 e. The molecule has 2 rings (SSSR count). The number of aromatic nitrogens is 2. The molecule has 0 atom stereocenters. The first kappa shape index (κ1) is 15.0. The van der Waals surface area contributed by atoms with E-state index < -0.39 is 29.1 Å². The molecular weight excluding hydrogens is 297 g/mol. The Morgan fingerprint density at radius 3 is 2.45 bits per heavy atom. The molecule has 0 saturated carbocycles. The molecular formula is C12H10FN5O4. The van der Waals surface area contributed by atoms with E-state index in [1.165, 1.54) is 0 Å². The Labute approximate surface area is 121 Å². The predicted octanol–water partition coefficient (Wildman–Crippen LogP) is -0.0299. The molecule has 0 saturated heterocycles. The number of urea groups is 1. The van der Waals surface area contributed by atoms with E-state index in [9.17, 15) is 23.6 Å². The van der Waals surface area contributed by atoms with Crippen LogP contribution in [-0.2, 0) is 0 Å². The van der Waals surface area contributed by atoms with E-state index in [0.717, 1.165) is 0 Å². The first-order chi connectivity index (χ1) is 10.5. The number of hydrazine groups is 1. The summed E-state index contributed by atoms with van der Waals surface area (Å²) in [6.45, 7) is 0. The Morgan fingerprint density at radius 1 is 1.09 bits per heavy atom. The van der Waals surface area contributed by atoms with Gasteiger partial charge in [0, 0.05) is 5.69 Å². The maximum atomic E-state index is 13.0. The third-order valence-corrected chi connectivity index (χ3v) is 2.43. The Morgan fingerprint density at radius 2 is 1.77 bits per heavy atom. The van der Waals surface area contributed by atoms with Crippen molar-refractivity contribution in [1.29, 1.82) is 0 Å². The Balaban J connectivity index is 1.98. The predicted molar refractivity (Wildman–Crippen MR) is 73.8 cm³/mol. The van der Waals surface area contributed by atoms with Crippen molar-refractivity contribution in [3.63, 3.8) is 0 Å². The van der Waals surface area contributed by atoms with Gasteiger partial charge in [-0.1, -0.05) is 18.2 Å². The van der Waals surface area contributed by atoms with Crippen LogP contribution in [0, 0.1) is 5.82 Å². The summed E-state index contributed by atoms with van der Waals surface area (Å²) in [4.78, 5) is 46.9. The first-order valence-corrected chi connectivity index (χ1v) is 5.91. The molecule has 0 unspecified atom stereocenters. The largest absolute Gasteiger partial charge is 0.348 e. The van der Waals surface area contributed by atoms with Gasteiger partial charge in [0.05, 0.1) is 6.20 Å². The number of para-hydroxylation sites is 1. The second kappa shape index (κ2) is 6.35. The molecule has 0 fully saturated rings. The third kappa shape index (κ3) is 3.56. The molecule has 1 heterocycles. The van der Waals surface area contributed by atoms with E-state index >= 15 is 0 Å². The molecule has 114 valence electrons. The number of H-pyrrole nitrogens is 1. The van der Waals surface area contributed by atoms with Gasteiger partial charge in [0.25, 0.3) is 5.56 Å². The zero-order valence-corrected chi connectivity index (χ0v) is 10.9. The topological polar surface area (TPSA) is 125 Å². The monoisotopic (exact) mass is 307 g/mol. The van der Waals surface area contributed by atoms with E-state index in [2.05, 4.69) is 5.32 Å². The highest BCUT2D eigenvalue weighted by Gasteiger charge is 2.11. The van der Waals surface area contributed by atoms with Crippen LogP contribution in [0.25, 0.3) is 0 Å². The zero-order valence-electron chi connectivity index (χ0n) is 10.9. The first-order valence-electron chi connectivity index (χ1n) is 5.91. The molecule has 0 radical (unpaired) electrons. The van der Waals surface area contributed by atoms with E-state index in [1.54, 1.807) is 35.3 Å². The number of carbonyl (C=O) groups excluding carboxylic acids is 2. The fourth-order valence-electron chi connectivity index (χ4n) is 1.45. The lowest BCUT2D eigenvalue weighted by Gasteiger charge is -2.09. The minimum absolute atomic E-state index is 0.263. The number of amides is 3. The highest BCUT2D eigenvalue weighted by molar-refractivity contribution is 5.90. The standard InChI is InChI=1S/C12H10FN5O4/c13-8-6-18(11(21)15-9(8)19)12(22)17-16-10(20)14-7-4-2-1-3-5-7/h1-6H,(H,17,22)(H2,14,16,20)(H,15,19,21). The van der Waals surface area contributed by atoms with Crippen LogP contribution in [0.2, 0.25) is 0 Å². The molecule has 0 aliphatic heterocycles. The lowest BCUT2D eigenvalue weighted by Crippen LogP contribution is -2.49. The summed E-state index contributed by atoms with van der Waals surface area (Å²) in [6.07, 6.45) is 0.410. The summed E-state index contributed by atoms with van der Waals surface area (Å²) >= 11 is 0. The highest BCUT2D eigenvalue weighted by atomic mass is 19.1. The second-order valence-corrected chi connectivity index (χ2v) is 3.98. The number of hydrogen-bond acceptors (Lipinski definition) is 4. The number of nitrogens with one attached hydrogen (secondary N) is 4. The normalized spacial score (nSPS) is 9.86. The quantitative estimate of drug-likeness (QED) is 0.552. The molecule has 0 bridgehead atoms. The van der Waals surface area contributed by atoms with Gasteiger partial charge in [0.1, 0.15) is 0 Å². The number of benzene rings is 1. The maximum absolute atomic E-state index is 13.0. The van der Waals surface area contributed by atoms with E-state index in [-0.39, 0.29) is 4.57 Å². The van der Waals surface area contributed by atoms with Gasteiger partial charge in [-0.05, 0) is 12.1 Å². The van der Waals surface area contributed by atoms with Gasteiger partial charge in [0.15, 0.2) is 0 Å². The SMILES string of the molecule is O=C(NNC(=O)n1cc(F)c(=O)[nH]c1=O)Nc1ccccc1. The molecule has 0 aliphatic rings. The van der Waals surface area contributed by atoms with Crippen LogP contribution in [0.1, 0.15) is 0 Å². The van der Waals surface area contributed by atoms with Gasteiger partial charge in [-0.2, -0.15) is 4.39 Å². The molecule has 1 aromatic carbocycles. The van der Waals surface area contributed by atoms with Crippen LogP contribution in [0.5, 0.6) is 0 Å². The van der Waals surface area contributed by atoms with Gasteiger partial charge in [0.2, 0.25) is 5.82 Å². The summed E-state index contributed by atoms with van der Waals surface area (Å²) in [5.41, 5.74) is 1.93. The number of rotatable bonds is 1. The van der Waals surface area contributed by atoms with Gasteiger partial charge < -0.3 is 5.32 Å². The molecule has 10 heteroatoms. The molecule has 9 nitrogen and oxygen atoms in total. The van der Waals surface area contributed by atoms with Crippen molar-refractivity contribution in [3.8, 4) is 0 Å². The smallest absolute Gasteiger partial charge is 0.307 e. The molecule has 1 aromatic heterocycles. The van der Waals surface area contributed by atoms with Crippen LogP contribution < -0.4 is 27.4 Å². The molecule has 2 aromatic rings. The van der Waals surface area contributed by atoms with Gasteiger partial charge in [-0.25, -0.2) is 29.8 Å². The molecule has 0 spiro atoms. The number of aromatic amines is 1. The number of hydrogen-bond donors (Lipinski definition) is 4. The summed E-state index contributed by atoms with van der Waals surface area (Å²) in [7, 11) is 0. The summed E-state index contributed by atoms with van der Waals surface area (Å²) in [5, 5.41) is 2.40. The Bertz CT molecular complexity index is 814. The van der Waals surface area contributed by atoms with Crippen LogP contribution in [-0.4, -0.2) is 21.6 Å². The van der Waals surface area contributed by atoms with Crippen molar-refractivity contribution < 1.29 is 14.0 Å². The van der Waals surface area contributed by atoms with E-state index in [4.69, 9.17) is 0 Å². The zero-order chi connectivity index (χ0) is 16.1. The van der Waals surface area contributed by atoms with Gasteiger partial charge in [-0.3, -0.25) is 9.78 Å². The average Bonchev–Trinajstić information content (AvgIpc) is 2.49. The third-order valence-electron chi connectivity index (χ3n) is 2.43. The number of anilines is 1. The van der Waals surface area contributed by atoms with Crippen molar-refractivity contribution in [2.45, 2.75) is 0 Å². The highest BCUT2D eigenvalue weighted by Crippen LogP contribution is 2.03. The second-order valence-electron chi connectivity index (χ2n) is 3.98. The maximum Gasteiger partial charge on any atom is 0.348 e. The summed E-state index contributed by atoms with van der Waals surface area (Å²) < 4.78 is 13.3. The Hall–Kier alpha value is -3.43. The number of nitrogens with zero attached hydrogens (tertiary/aromatic N) is 1. The summed E-state index contributed by atoms with van der Waals surface area (Å²) in [5.74, 6) is -1.32. The molecule has 4 N–H and O–H groups in total. The van der Waals surface area contributed by atoms with Crippen LogP contribution in [0.4, 0.5) is 19.7 Å². The Kier molecular flexibility index (Phi) is 4.32. The van der Waals surface area contributed by atoms with Gasteiger partial charge in [-0.15, -0.1) is 0 Å². The van der Waals surface area contributed by atoms with E-state index in [1.807, 2.05) is 10.9 Å². The van der Waals surface area contributed by atoms with Crippen molar-refractivity contribution in [2.75, 3.05) is 5.32 Å². The van der Waals surface area contributed by atoms with Gasteiger partial charge >= 0.3 is 17.8 Å². The van der Waals surface area contributed by atoms with Crippen LogP contribution >= 0.6 is 0 Å². The average molecular weight is 307 g/mol. The number of carbonyl (C=O) groups is 2. The van der Waals surface area contributed by atoms with Crippen molar-refractivity contribution >= 4 is 17.7 Å². The molecule has 3 amide bonds. The summed E-state index contributed by atoms with van der Waals surface area (Å²) in [6, 6.07) is 6.43. The molecule has 22 heavy (non-hydrogen) atoms. The van der Waals surface area contributed by atoms with Crippen molar-refractivity contribution in [1.82, 2.24) is 20.4 Å². The van der Waals surface area contributed by atoms with Crippen molar-refractivity contribution in [3.05, 3.63) is 63.2 Å². The fraction of sp³-hybridized carbons (Fsp3) is 0. The van der Waals surface area contributed by atoms with Crippen molar-refractivity contribution in [2.24, 2.45) is 0 Å². The minimum atomic E-state index is -1.32. The van der Waals surface area contributed by atoms with Crippen LogP contribution in [0.3, 0.4) is 0 Å².